The van der Waals surface area contributed by atoms with Crippen LogP contribution in [0.4, 0.5) is 0 Å². The van der Waals surface area contributed by atoms with Crippen molar-refractivity contribution >= 4 is 11.9 Å². The third kappa shape index (κ3) is 38.6. The van der Waals surface area contributed by atoms with Crippen LogP contribution in [0.3, 0.4) is 0 Å². The highest BCUT2D eigenvalue weighted by Crippen LogP contribution is 2.23. The van der Waals surface area contributed by atoms with Gasteiger partial charge < -0.3 is 39.4 Å². The average Bonchev–Trinajstić information content (AvgIpc) is 3.33. The van der Waals surface area contributed by atoms with Crippen molar-refractivity contribution in [1.29, 1.82) is 0 Å². The number of esters is 2. The molecule has 67 heavy (non-hydrogen) atoms. The molecular weight excluding hydrogens is 845 g/mol. The smallest absolute Gasteiger partial charge is 0.306 e. The minimum absolute atomic E-state index is 0.214. The van der Waals surface area contributed by atoms with Gasteiger partial charge in [-0.3, -0.25) is 9.59 Å². The van der Waals surface area contributed by atoms with Crippen molar-refractivity contribution in [2.75, 3.05) is 19.8 Å². The van der Waals surface area contributed by atoms with Crippen molar-refractivity contribution in [3.8, 4) is 0 Å². The molecule has 0 bridgehead atoms. The summed E-state index contributed by atoms with van der Waals surface area (Å²) >= 11 is 0. The standard InChI is InChI=1S/C57H106O10/c1-3-5-7-9-11-13-15-17-19-21-23-24-25-26-28-29-31-33-35-37-39-41-43-45-52(59)64-48-50(49-65-57-56(63)55(62)54(61)51(47-58)67-57)66-53(60)46-44-42-40-38-36-34-32-30-27-22-20-18-16-14-12-10-8-6-4-2/h12,14,18,20,50-51,54-58,61-63H,3-11,13,15-17,19,21-49H2,1-2H3/b14-12+,20-18+/t50-,51-,54+,55?,56?,57-/m0/s1. The molecule has 0 aromatic carbocycles. The van der Waals surface area contributed by atoms with Crippen LogP contribution in [0, 0.1) is 0 Å². The van der Waals surface area contributed by atoms with Crippen LogP contribution in [0.2, 0.25) is 0 Å². The van der Waals surface area contributed by atoms with Crippen molar-refractivity contribution in [3.63, 3.8) is 0 Å². The first kappa shape index (κ1) is 63.2. The Labute approximate surface area is 411 Å². The SMILES string of the molecule is CCCCC/C=C/C/C=C/CCCCCCCCCCCC(=O)O[C@@H](COC(=O)CCCCCCCCCCCCCCCCCCCCCCCCC)CO[C@H]1O[C@@H](CO)[C@@H](O)C(O)C1O. The van der Waals surface area contributed by atoms with E-state index in [1.54, 1.807) is 0 Å². The van der Waals surface area contributed by atoms with Crippen LogP contribution in [0.25, 0.3) is 0 Å². The number of rotatable bonds is 49. The predicted molar refractivity (Wildman–Crippen MR) is 275 cm³/mol. The second-order valence-corrected chi connectivity index (χ2v) is 19.7. The van der Waals surface area contributed by atoms with Crippen molar-refractivity contribution in [3.05, 3.63) is 24.3 Å². The van der Waals surface area contributed by atoms with Gasteiger partial charge in [0.1, 0.15) is 31.0 Å². The Hall–Kier alpha value is -1.82. The van der Waals surface area contributed by atoms with E-state index >= 15 is 0 Å². The minimum atomic E-state index is -1.59. The van der Waals surface area contributed by atoms with Gasteiger partial charge in [0.15, 0.2) is 12.4 Å². The number of hydrogen-bond acceptors (Lipinski definition) is 10. The molecule has 1 aliphatic heterocycles. The molecule has 0 amide bonds. The summed E-state index contributed by atoms with van der Waals surface area (Å²) in [4.78, 5) is 25.5. The largest absolute Gasteiger partial charge is 0.462 e. The lowest BCUT2D eigenvalue weighted by molar-refractivity contribution is -0.305. The number of hydrogen-bond donors (Lipinski definition) is 4. The van der Waals surface area contributed by atoms with E-state index in [1.165, 1.54) is 186 Å². The lowest BCUT2D eigenvalue weighted by atomic mass is 9.99. The van der Waals surface area contributed by atoms with E-state index in [4.69, 9.17) is 18.9 Å². The van der Waals surface area contributed by atoms with Gasteiger partial charge in [-0.15, -0.1) is 0 Å². The molecule has 1 fully saturated rings. The molecule has 0 saturated carbocycles. The van der Waals surface area contributed by atoms with Gasteiger partial charge >= 0.3 is 11.9 Å². The van der Waals surface area contributed by atoms with Gasteiger partial charge in [0.05, 0.1) is 13.2 Å². The summed E-state index contributed by atoms with van der Waals surface area (Å²) in [6.07, 6.45) is 49.1. The number of aliphatic hydroxyl groups excluding tert-OH is 4. The summed E-state index contributed by atoms with van der Waals surface area (Å²) in [6.45, 7) is 3.45. The molecule has 2 unspecified atom stereocenters. The Bertz CT molecular complexity index is 1140. The first-order valence-electron chi connectivity index (χ1n) is 28.4. The number of allylic oxidation sites excluding steroid dienone is 4. The molecule has 10 nitrogen and oxygen atoms in total. The molecule has 4 N–H and O–H groups in total. The molecule has 6 atom stereocenters. The fraction of sp³-hybridized carbons (Fsp3) is 0.895. The quantitative estimate of drug-likeness (QED) is 0.0263. The van der Waals surface area contributed by atoms with Crippen LogP contribution in [-0.2, 0) is 28.5 Å². The van der Waals surface area contributed by atoms with Crippen LogP contribution < -0.4 is 0 Å². The highest BCUT2D eigenvalue weighted by Gasteiger charge is 2.44. The second-order valence-electron chi connectivity index (χ2n) is 19.7. The van der Waals surface area contributed by atoms with Gasteiger partial charge in [0, 0.05) is 12.8 Å². The Morgan fingerprint density at radius 3 is 1.27 bits per heavy atom. The zero-order chi connectivity index (χ0) is 48.7. The van der Waals surface area contributed by atoms with Gasteiger partial charge in [-0.2, -0.15) is 0 Å². The molecule has 1 rings (SSSR count). The maximum Gasteiger partial charge on any atom is 0.306 e. The summed E-state index contributed by atoms with van der Waals surface area (Å²) in [5.41, 5.74) is 0. The van der Waals surface area contributed by atoms with E-state index in [0.29, 0.717) is 6.42 Å². The second kappa shape index (κ2) is 47.8. The van der Waals surface area contributed by atoms with E-state index in [9.17, 15) is 30.0 Å². The Morgan fingerprint density at radius 1 is 0.463 bits per heavy atom. The Morgan fingerprint density at radius 2 is 0.836 bits per heavy atom. The Balaban J connectivity index is 2.19. The molecule has 10 heteroatoms. The molecular formula is C57H106O10. The first-order valence-corrected chi connectivity index (χ1v) is 28.4. The summed E-state index contributed by atoms with van der Waals surface area (Å²) in [5, 5.41) is 40.3. The molecule has 0 aliphatic carbocycles. The molecule has 1 heterocycles. The highest BCUT2D eigenvalue weighted by molar-refractivity contribution is 5.70. The van der Waals surface area contributed by atoms with E-state index in [1.807, 2.05) is 0 Å². The topological polar surface area (TPSA) is 152 Å². The molecule has 0 spiro atoms. The van der Waals surface area contributed by atoms with Gasteiger partial charge in [0.2, 0.25) is 0 Å². The Kier molecular flexibility index (Phi) is 45.1. The van der Waals surface area contributed by atoms with E-state index in [0.717, 1.165) is 51.4 Å². The van der Waals surface area contributed by atoms with Gasteiger partial charge in [-0.25, -0.2) is 0 Å². The van der Waals surface area contributed by atoms with Crippen LogP contribution in [0.1, 0.15) is 271 Å². The first-order chi connectivity index (χ1) is 32.8. The normalized spacial score (nSPS) is 19.2. The maximum atomic E-state index is 12.9. The summed E-state index contributed by atoms with van der Waals surface area (Å²) < 4.78 is 22.3. The fourth-order valence-corrected chi connectivity index (χ4v) is 8.87. The van der Waals surface area contributed by atoms with E-state index in [2.05, 4.69) is 38.2 Å². The molecule has 0 radical (unpaired) electrons. The molecule has 1 aliphatic rings. The zero-order valence-electron chi connectivity index (χ0n) is 43.4. The minimum Gasteiger partial charge on any atom is -0.462 e. The van der Waals surface area contributed by atoms with Crippen LogP contribution in [-0.4, -0.2) is 89.0 Å². The monoisotopic (exact) mass is 951 g/mol. The van der Waals surface area contributed by atoms with Crippen LogP contribution in [0.15, 0.2) is 24.3 Å². The third-order valence-corrected chi connectivity index (χ3v) is 13.3. The fourth-order valence-electron chi connectivity index (χ4n) is 8.87. The van der Waals surface area contributed by atoms with Gasteiger partial charge in [-0.1, -0.05) is 237 Å². The van der Waals surface area contributed by atoms with Crippen LogP contribution in [0.5, 0.6) is 0 Å². The third-order valence-electron chi connectivity index (χ3n) is 13.3. The predicted octanol–water partition coefficient (Wildman–Crippen LogP) is 14.0. The maximum absolute atomic E-state index is 12.9. The summed E-state index contributed by atoms with van der Waals surface area (Å²) in [5.74, 6) is -0.795. The highest BCUT2D eigenvalue weighted by atomic mass is 16.7. The number of carbonyl (C=O) groups is 2. The van der Waals surface area contributed by atoms with Crippen molar-refractivity contribution in [1.82, 2.24) is 0 Å². The molecule has 1 saturated heterocycles. The number of unbranched alkanes of at least 4 members (excludes halogenated alkanes) is 34. The van der Waals surface area contributed by atoms with Crippen molar-refractivity contribution in [2.24, 2.45) is 0 Å². The number of aliphatic hydroxyl groups is 4. The van der Waals surface area contributed by atoms with Crippen molar-refractivity contribution in [2.45, 2.75) is 307 Å². The lowest BCUT2D eigenvalue weighted by Gasteiger charge is -2.39. The van der Waals surface area contributed by atoms with E-state index < -0.39 is 49.4 Å². The zero-order valence-corrected chi connectivity index (χ0v) is 43.4. The summed E-state index contributed by atoms with van der Waals surface area (Å²) in [6, 6.07) is 0. The average molecular weight is 951 g/mol. The lowest BCUT2D eigenvalue weighted by Crippen LogP contribution is -2.59. The number of ether oxygens (including phenoxy) is 4. The van der Waals surface area contributed by atoms with Crippen LogP contribution >= 0.6 is 0 Å². The van der Waals surface area contributed by atoms with Gasteiger partial charge in [-0.05, 0) is 44.9 Å². The van der Waals surface area contributed by atoms with Gasteiger partial charge in [0.25, 0.3) is 0 Å². The number of carbonyl (C=O) groups excluding carboxylic acids is 2. The van der Waals surface area contributed by atoms with Crippen molar-refractivity contribution < 1.29 is 49.0 Å². The summed E-state index contributed by atoms with van der Waals surface area (Å²) in [7, 11) is 0. The van der Waals surface area contributed by atoms with E-state index in [-0.39, 0.29) is 32.0 Å². The molecule has 0 aromatic rings. The molecule has 0 aromatic heterocycles. The molecule has 394 valence electrons.